The van der Waals surface area contributed by atoms with Crippen molar-refractivity contribution in [2.24, 2.45) is 0 Å². The van der Waals surface area contributed by atoms with E-state index in [2.05, 4.69) is 40.5 Å². The summed E-state index contributed by atoms with van der Waals surface area (Å²) in [6, 6.07) is 24.5. The van der Waals surface area contributed by atoms with Gasteiger partial charge in [0.15, 0.2) is 0 Å². The average molecular weight is 395 g/mol. The lowest BCUT2D eigenvalue weighted by atomic mass is 10.0. The van der Waals surface area contributed by atoms with Gasteiger partial charge in [-0.3, -0.25) is 0 Å². The molecule has 0 atom stereocenters. The molecule has 3 aromatic carbocycles. The van der Waals surface area contributed by atoms with E-state index < -0.39 is 6.36 Å². The van der Waals surface area contributed by atoms with Gasteiger partial charge >= 0.3 is 6.36 Å². The molecule has 0 saturated carbocycles. The molecule has 4 aromatic rings. The Morgan fingerprint density at radius 3 is 2.24 bits per heavy atom. The second-order valence-electron chi connectivity index (χ2n) is 6.88. The highest BCUT2D eigenvalue weighted by molar-refractivity contribution is 5.95. The Balaban J connectivity index is 1.80. The Labute approximate surface area is 167 Å². The summed E-state index contributed by atoms with van der Waals surface area (Å²) in [5, 5.41) is 1.12. The normalized spacial score (nSPS) is 11.7. The van der Waals surface area contributed by atoms with E-state index in [0.717, 1.165) is 35.0 Å². The van der Waals surface area contributed by atoms with Crippen LogP contribution in [0.3, 0.4) is 0 Å². The van der Waals surface area contributed by atoms with Crippen molar-refractivity contribution < 1.29 is 17.9 Å². The molecular weight excluding hydrogens is 375 g/mol. The van der Waals surface area contributed by atoms with Gasteiger partial charge in [-0.1, -0.05) is 67.6 Å². The molecule has 4 rings (SSSR count). The number of hydrogen-bond donors (Lipinski definition) is 0. The van der Waals surface area contributed by atoms with E-state index in [0.29, 0.717) is 0 Å². The van der Waals surface area contributed by atoms with Crippen molar-refractivity contribution >= 4 is 10.9 Å². The average Bonchev–Trinajstić information content (AvgIpc) is 3.06. The first-order chi connectivity index (χ1) is 13.9. The predicted molar refractivity (Wildman–Crippen MR) is 109 cm³/mol. The van der Waals surface area contributed by atoms with Crippen LogP contribution in [0.25, 0.3) is 22.0 Å². The number of alkyl halides is 3. The quantitative estimate of drug-likeness (QED) is 0.362. The lowest BCUT2D eigenvalue weighted by Crippen LogP contribution is -2.16. The van der Waals surface area contributed by atoms with Crippen LogP contribution >= 0.6 is 0 Å². The zero-order valence-electron chi connectivity index (χ0n) is 15.9. The SMILES string of the molecule is CCc1cc2cccc(-c3ccc(OC(F)(F)F)cc3)c2n1Cc1ccccc1. The van der Waals surface area contributed by atoms with Gasteiger partial charge in [0, 0.05) is 23.2 Å². The van der Waals surface area contributed by atoms with Crippen LogP contribution in [0.1, 0.15) is 18.2 Å². The summed E-state index contributed by atoms with van der Waals surface area (Å²) in [5.41, 5.74) is 5.33. The molecule has 5 heteroatoms. The van der Waals surface area contributed by atoms with Crippen molar-refractivity contribution in [1.29, 1.82) is 0 Å². The van der Waals surface area contributed by atoms with Gasteiger partial charge in [0.1, 0.15) is 5.75 Å². The van der Waals surface area contributed by atoms with Crippen LogP contribution in [0.15, 0.2) is 78.9 Å². The zero-order valence-corrected chi connectivity index (χ0v) is 15.9. The molecule has 0 amide bonds. The Kier molecular flexibility index (Phi) is 5.05. The summed E-state index contributed by atoms with van der Waals surface area (Å²) < 4.78 is 43.6. The first kappa shape index (κ1) is 19.1. The topological polar surface area (TPSA) is 14.2 Å². The van der Waals surface area contributed by atoms with Crippen LogP contribution in [-0.2, 0) is 13.0 Å². The summed E-state index contributed by atoms with van der Waals surface area (Å²) in [4.78, 5) is 0. The van der Waals surface area contributed by atoms with E-state index in [1.54, 1.807) is 12.1 Å². The lowest BCUT2D eigenvalue weighted by molar-refractivity contribution is -0.274. The fraction of sp³-hybridized carbons (Fsp3) is 0.167. The maximum Gasteiger partial charge on any atom is 0.573 e. The second-order valence-corrected chi connectivity index (χ2v) is 6.88. The zero-order chi connectivity index (χ0) is 20.4. The van der Waals surface area contributed by atoms with Crippen LogP contribution in [0.2, 0.25) is 0 Å². The van der Waals surface area contributed by atoms with Crippen molar-refractivity contribution in [2.75, 3.05) is 0 Å². The van der Waals surface area contributed by atoms with Crippen LogP contribution in [-0.4, -0.2) is 10.9 Å². The van der Waals surface area contributed by atoms with Gasteiger partial charge in [0.25, 0.3) is 0 Å². The summed E-state index contributed by atoms with van der Waals surface area (Å²) in [6.07, 6.45) is -3.80. The molecule has 0 saturated heterocycles. The van der Waals surface area contributed by atoms with Gasteiger partial charge in [-0.25, -0.2) is 0 Å². The minimum absolute atomic E-state index is 0.220. The third-order valence-corrected chi connectivity index (χ3v) is 4.95. The third kappa shape index (κ3) is 4.14. The van der Waals surface area contributed by atoms with E-state index in [1.165, 1.54) is 23.4 Å². The largest absolute Gasteiger partial charge is 0.573 e. The van der Waals surface area contributed by atoms with Crippen molar-refractivity contribution in [3.8, 4) is 16.9 Å². The number of rotatable bonds is 5. The Morgan fingerprint density at radius 2 is 1.59 bits per heavy atom. The number of hydrogen-bond acceptors (Lipinski definition) is 1. The molecule has 0 bridgehead atoms. The second kappa shape index (κ2) is 7.66. The molecule has 0 aliphatic carbocycles. The maximum absolute atomic E-state index is 12.4. The lowest BCUT2D eigenvalue weighted by Gasteiger charge is -2.14. The van der Waals surface area contributed by atoms with Crippen molar-refractivity contribution in [3.63, 3.8) is 0 Å². The van der Waals surface area contributed by atoms with E-state index in [9.17, 15) is 13.2 Å². The Bertz CT molecular complexity index is 1110. The van der Waals surface area contributed by atoms with Crippen molar-refractivity contribution in [3.05, 3.63) is 90.1 Å². The van der Waals surface area contributed by atoms with E-state index in [4.69, 9.17) is 0 Å². The van der Waals surface area contributed by atoms with E-state index in [1.807, 2.05) is 30.3 Å². The smallest absolute Gasteiger partial charge is 0.406 e. The molecule has 0 N–H and O–H groups in total. The highest BCUT2D eigenvalue weighted by Crippen LogP contribution is 2.33. The predicted octanol–water partition coefficient (Wildman–Crippen LogP) is 6.82. The van der Waals surface area contributed by atoms with Crippen molar-refractivity contribution in [2.45, 2.75) is 26.3 Å². The standard InChI is InChI=1S/C24H20F3NO/c1-2-20-15-19-9-6-10-22(18-11-13-21(14-12-18)29-24(25,26)27)23(19)28(20)16-17-7-4-3-5-8-17/h3-15H,2,16H2,1H3. The van der Waals surface area contributed by atoms with Crippen LogP contribution < -0.4 is 4.74 Å². The Morgan fingerprint density at radius 1 is 0.862 bits per heavy atom. The number of halogens is 3. The number of aromatic nitrogens is 1. The monoisotopic (exact) mass is 395 g/mol. The fourth-order valence-corrected chi connectivity index (χ4v) is 3.69. The third-order valence-electron chi connectivity index (χ3n) is 4.95. The molecule has 0 spiro atoms. The summed E-state index contributed by atoms with van der Waals surface area (Å²) >= 11 is 0. The van der Waals surface area contributed by atoms with Gasteiger partial charge in [-0.2, -0.15) is 0 Å². The fourth-order valence-electron chi connectivity index (χ4n) is 3.69. The van der Waals surface area contributed by atoms with Gasteiger partial charge in [0.2, 0.25) is 0 Å². The molecule has 148 valence electrons. The van der Waals surface area contributed by atoms with Gasteiger partial charge in [-0.15, -0.1) is 13.2 Å². The molecule has 0 aliphatic heterocycles. The highest BCUT2D eigenvalue weighted by Gasteiger charge is 2.31. The first-order valence-electron chi connectivity index (χ1n) is 9.46. The summed E-state index contributed by atoms with van der Waals surface area (Å²) in [6.45, 7) is 2.86. The van der Waals surface area contributed by atoms with Gasteiger partial charge in [0.05, 0.1) is 5.52 Å². The minimum atomic E-state index is -4.69. The number of ether oxygens (including phenoxy) is 1. The van der Waals surface area contributed by atoms with Gasteiger partial charge in [-0.05, 0) is 35.7 Å². The van der Waals surface area contributed by atoms with E-state index in [-0.39, 0.29) is 5.75 Å². The molecule has 0 aliphatic rings. The number of fused-ring (bicyclic) bond motifs is 1. The van der Waals surface area contributed by atoms with Crippen LogP contribution in [0, 0.1) is 0 Å². The molecule has 1 aromatic heterocycles. The molecule has 0 unspecified atom stereocenters. The van der Waals surface area contributed by atoms with Gasteiger partial charge < -0.3 is 9.30 Å². The first-order valence-corrected chi connectivity index (χ1v) is 9.46. The molecule has 1 heterocycles. The van der Waals surface area contributed by atoms with Crippen LogP contribution in [0.5, 0.6) is 5.75 Å². The minimum Gasteiger partial charge on any atom is -0.406 e. The number of benzene rings is 3. The van der Waals surface area contributed by atoms with E-state index >= 15 is 0 Å². The highest BCUT2D eigenvalue weighted by atomic mass is 19.4. The number of aryl methyl sites for hydroxylation is 1. The summed E-state index contributed by atoms with van der Waals surface area (Å²) in [7, 11) is 0. The molecular formula is C24H20F3NO. The number of nitrogens with zero attached hydrogens (tertiary/aromatic N) is 1. The molecule has 2 nitrogen and oxygen atoms in total. The van der Waals surface area contributed by atoms with Crippen LogP contribution in [0.4, 0.5) is 13.2 Å². The Hall–Kier alpha value is -3.21. The molecule has 29 heavy (non-hydrogen) atoms. The summed E-state index contributed by atoms with van der Waals surface area (Å²) in [5.74, 6) is -0.220. The maximum atomic E-state index is 12.4. The van der Waals surface area contributed by atoms with Crippen molar-refractivity contribution in [1.82, 2.24) is 4.57 Å². The molecule has 0 fully saturated rings. The number of para-hydroxylation sites is 1. The molecule has 0 radical (unpaired) electrons.